The first kappa shape index (κ1) is 38.6. The predicted octanol–water partition coefficient (Wildman–Crippen LogP) is 10.9. The van der Waals surface area contributed by atoms with Crippen LogP contribution in [0.1, 0.15) is 162 Å². The minimum absolute atomic E-state index is 0.355. The van der Waals surface area contributed by atoms with Gasteiger partial charge in [-0.2, -0.15) is 23.5 Å². The third-order valence-electron chi connectivity index (χ3n) is 7.73. The molecule has 4 nitrogen and oxygen atoms in total. The van der Waals surface area contributed by atoms with Crippen molar-refractivity contribution in [1.29, 1.82) is 0 Å². The van der Waals surface area contributed by atoms with E-state index in [-0.39, 0.29) is 11.8 Å². The van der Waals surface area contributed by atoms with Crippen LogP contribution < -0.4 is 0 Å². The molecule has 0 rings (SSSR count). The van der Waals surface area contributed by atoms with Gasteiger partial charge in [-0.15, -0.1) is 0 Å². The number of hydrogen-bond acceptors (Lipinski definition) is 4. The van der Waals surface area contributed by atoms with Crippen LogP contribution in [0, 0.1) is 11.8 Å². The van der Waals surface area contributed by atoms with E-state index in [1.165, 1.54) is 128 Å². The van der Waals surface area contributed by atoms with E-state index in [2.05, 4.69) is 13.8 Å². The molecule has 0 spiro atoms. The smallest absolute Gasteiger partial charge is 0.307 e. The lowest BCUT2D eigenvalue weighted by atomic mass is 9.98. The number of hydrogen-bond donors (Lipinski definition) is 2. The van der Waals surface area contributed by atoms with E-state index in [9.17, 15) is 19.8 Å². The van der Waals surface area contributed by atoms with Gasteiger partial charge in [0.2, 0.25) is 0 Å². The lowest BCUT2D eigenvalue weighted by molar-refractivity contribution is -0.141. The molecule has 0 aromatic carbocycles. The minimum atomic E-state index is -0.729. The molecule has 0 aromatic heterocycles. The highest BCUT2D eigenvalue weighted by Gasteiger charge is 2.21. The number of rotatable bonds is 32. The fourth-order valence-electron chi connectivity index (χ4n) is 5.00. The Bertz CT molecular complexity index is 498. The minimum Gasteiger partial charge on any atom is -0.481 e. The quantitative estimate of drug-likeness (QED) is 0.0761. The van der Waals surface area contributed by atoms with Crippen molar-refractivity contribution in [2.24, 2.45) is 11.8 Å². The van der Waals surface area contributed by atoms with Crippen LogP contribution in [-0.2, 0) is 9.59 Å². The van der Waals surface area contributed by atoms with Gasteiger partial charge in [0.05, 0.1) is 11.8 Å². The highest BCUT2D eigenvalue weighted by molar-refractivity contribution is 7.99. The Morgan fingerprint density at radius 1 is 0.462 bits per heavy atom. The van der Waals surface area contributed by atoms with Gasteiger partial charge in [-0.25, -0.2) is 0 Å². The largest absolute Gasteiger partial charge is 0.481 e. The summed E-state index contributed by atoms with van der Waals surface area (Å²) < 4.78 is 0. The molecule has 0 radical (unpaired) electrons. The summed E-state index contributed by atoms with van der Waals surface area (Å²) in [7, 11) is 0. The van der Waals surface area contributed by atoms with Crippen LogP contribution in [0.5, 0.6) is 0 Å². The highest BCUT2D eigenvalue weighted by atomic mass is 32.2. The first-order chi connectivity index (χ1) is 19.0. The molecular weight excluding hydrogens is 524 g/mol. The molecule has 0 aliphatic rings. The topological polar surface area (TPSA) is 74.6 Å². The Kier molecular flexibility index (Phi) is 30.3. The van der Waals surface area contributed by atoms with E-state index < -0.39 is 11.9 Å². The van der Waals surface area contributed by atoms with Gasteiger partial charge in [0, 0.05) is 11.5 Å². The normalized spacial score (nSPS) is 13.0. The molecule has 39 heavy (non-hydrogen) atoms. The summed E-state index contributed by atoms with van der Waals surface area (Å²) in [6.07, 6.45) is 28.3. The highest BCUT2D eigenvalue weighted by Crippen LogP contribution is 2.22. The zero-order chi connectivity index (χ0) is 28.8. The average molecular weight is 589 g/mol. The van der Waals surface area contributed by atoms with Gasteiger partial charge in [0.1, 0.15) is 0 Å². The maximum Gasteiger partial charge on any atom is 0.307 e. The van der Waals surface area contributed by atoms with Crippen LogP contribution in [-0.4, -0.2) is 45.2 Å². The molecular formula is C33H64O4S2. The van der Waals surface area contributed by atoms with Crippen LogP contribution >= 0.6 is 23.5 Å². The standard InChI is InChI=1S/C33H64O4S2/c1-3-5-7-9-11-13-15-17-19-21-26-38-28-30(32(34)35)24-23-25-31(33(36)37)29-39-27-22-20-18-16-14-12-10-8-6-4-2/h30-31H,3-29H2,1-2H3,(H,34,35)(H,36,37). The van der Waals surface area contributed by atoms with E-state index in [0.29, 0.717) is 30.8 Å². The summed E-state index contributed by atoms with van der Waals surface area (Å²) in [6.45, 7) is 4.51. The fraction of sp³-hybridized carbons (Fsp3) is 0.939. The Balaban J connectivity index is 3.79. The lowest BCUT2D eigenvalue weighted by Crippen LogP contribution is -2.20. The lowest BCUT2D eigenvalue weighted by Gasteiger charge is -2.15. The molecule has 232 valence electrons. The van der Waals surface area contributed by atoms with Gasteiger partial charge in [-0.1, -0.05) is 136 Å². The van der Waals surface area contributed by atoms with E-state index in [1.807, 2.05) is 0 Å². The van der Waals surface area contributed by atoms with E-state index in [4.69, 9.17) is 0 Å². The second-order valence-electron chi connectivity index (χ2n) is 11.5. The second kappa shape index (κ2) is 30.6. The average Bonchev–Trinajstić information content (AvgIpc) is 2.91. The van der Waals surface area contributed by atoms with Gasteiger partial charge in [-0.05, 0) is 37.2 Å². The number of carboxylic acids is 2. The van der Waals surface area contributed by atoms with Crippen molar-refractivity contribution in [1.82, 2.24) is 0 Å². The van der Waals surface area contributed by atoms with Crippen LogP contribution in [0.15, 0.2) is 0 Å². The van der Waals surface area contributed by atoms with Crippen LogP contribution in [0.3, 0.4) is 0 Å². The number of aliphatic carboxylic acids is 2. The molecule has 0 saturated heterocycles. The fourth-order valence-corrected chi connectivity index (χ4v) is 7.34. The summed E-state index contributed by atoms with van der Waals surface area (Å²) >= 11 is 3.52. The van der Waals surface area contributed by atoms with E-state index in [0.717, 1.165) is 11.5 Å². The van der Waals surface area contributed by atoms with Crippen LogP contribution in [0.25, 0.3) is 0 Å². The zero-order valence-corrected chi connectivity index (χ0v) is 27.4. The maximum absolute atomic E-state index is 11.7. The second-order valence-corrected chi connectivity index (χ2v) is 13.8. The van der Waals surface area contributed by atoms with Crippen molar-refractivity contribution >= 4 is 35.5 Å². The summed E-state index contributed by atoms with van der Waals surface area (Å²) in [4.78, 5) is 23.4. The van der Waals surface area contributed by atoms with Gasteiger partial charge in [0.15, 0.2) is 0 Å². The van der Waals surface area contributed by atoms with Gasteiger partial charge >= 0.3 is 11.9 Å². The van der Waals surface area contributed by atoms with Crippen molar-refractivity contribution in [3.63, 3.8) is 0 Å². The Morgan fingerprint density at radius 2 is 0.744 bits per heavy atom. The molecule has 2 unspecified atom stereocenters. The van der Waals surface area contributed by atoms with Crippen molar-refractivity contribution in [2.75, 3.05) is 23.0 Å². The molecule has 0 fully saturated rings. The Morgan fingerprint density at radius 3 is 1.03 bits per heavy atom. The number of carbonyl (C=O) groups is 2. The molecule has 0 saturated carbocycles. The van der Waals surface area contributed by atoms with Crippen molar-refractivity contribution < 1.29 is 19.8 Å². The van der Waals surface area contributed by atoms with Gasteiger partial charge < -0.3 is 10.2 Å². The molecule has 0 bridgehead atoms. The molecule has 0 aromatic rings. The monoisotopic (exact) mass is 588 g/mol. The van der Waals surface area contributed by atoms with Crippen LogP contribution in [0.2, 0.25) is 0 Å². The summed E-state index contributed by atoms with van der Waals surface area (Å²) in [5.74, 6) is 1.20. The molecule has 0 amide bonds. The van der Waals surface area contributed by atoms with Crippen molar-refractivity contribution in [3.8, 4) is 0 Å². The van der Waals surface area contributed by atoms with Gasteiger partial charge in [0.25, 0.3) is 0 Å². The molecule has 0 heterocycles. The number of thioether (sulfide) groups is 2. The van der Waals surface area contributed by atoms with Crippen LogP contribution in [0.4, 0.5) is 0 Å². The molecule has 0 aliphatic carbocycles. The first-order valence-corrected chi connectivity index (χ1v) is 18.9. The van der Waals surface area contributed by atoms with Crippen molar-refractivity contribution in [3.05, 3.63) is 0 Å². The molecule has 2 N–H and O–H groups in total. The maximum atomic E-state index is 11.7. The van der Waals surface area contributed by atoms with Gasteiger partial charge in [-0.3, -0.25) is 9.59 Å². The van der Waals surface area contributed by atoms with E-state index in [1.54, 1.807) is 23.5 Å². The summed E-state index contributed by atoms with van der Waals surface area (Å²) in [5.41, 5.74) is 0. The molecule has 6 heteroatoms. The zero-order valence-electron chi connectivity index (χ0n) is 25.8. The summed E-state index contributed by atoms with van der Waals surface area (Å²) in [5, 5.41) is 19.2. The Hall–Kier alpha value is -0.360. The van der Waals surface area contributed by atoms with E-state index >= 15 is 0 Å². The predicted molar refractivity (Wildman–Crippen MR) is 174 cm³/mol. The number of carboxylic acid groups (broad SMARTS) is 2. The molecule has 2 atom stereocenters. The number of unbranched alkanes of at least 4 members (excludes halogenated alkanes) is 18. The van der Waals surface area contributed by atoms with Crippen molar-refractivity contribution in [2.45, 2.75) is 162 Å². The third kappa shape index (κ3) is 27.6. The Labute approximate surface area is 251 Å². The molecule has 0 aliphatic heterocycles. The SMILES string of the molecule is CCCCCCCCCCCCSCC(CCCC(CSCCCCCCCCCCCC)C(=O)O)C(=O)O. The third-order valence-corrected chi connectivity index (χ3v) is 10.2. The first-order valence-electron chi connectivity index (χ1n) is 16.6. The summed E-state index contributed by atoms with van der Waals surface area (Å²) in [6, 6.07) is 0.